The van der Waals surface area contributed by atoms with Crippen LogP contribution in [0.1, 0.15) is 25.3 Å². The third kappa shape index (κ3) is 3.19. The van der Waals surface area contributed by atoms with Gasteiger partial charge in [0.15, 0.2) is 0 Å². The number of hydrogen-bond acceptors (Lipinski definition) is 0. The average molecular weight is 206 g/mol. The molecule has 0 amide bonds. The SMILES string of the molecule is C=C[C@@](CC)(CF)CCc1ccccc1. The van der Waals surface area contributed by atoms with Crippen molar-refractivity contribution in [2.24, 2.45) is 5.41 Å². The van der Waals surface area contributed by atoms with E-state index in [4.69, 9.17) is 0 Å². The number of benzene rings is 1. The van der Waals surface area contributed by atoms with Gasteiger partial charge in [-0.05, 0) is 24.8 Å². The summed E-state index contributed by atoms with van der Waals surface area (Å²) >= 11 is 0. The minimum absolute atomic E-state index is 0.306. The second-order valence-corrected chi connectivity index (χ2v) is 4.04. The Balaban J connectivity index is 2.58. The zero-order valence-electron chi connectivity index (χ0n) is 9.38. The second-order valence-electron chi connectivity index (χ2n) is 4.04. The Kier molecular flexibility index (Phi) is 4.54. The van der Waals surface area contributed by atoms with Gasteiger partial charge in [-0.2, -0.15) is 0 Å². The summed E-state index contributed by atoms with van der Waals surface area (Å²) in [6.45, 7) is 5.46. The van der Waals surface area contributed by atoms with E-state index in [1.54, 1.807) is 6.08 Å². The number of hydrogen-bond donors (Lipinski definition) is 0. The van der Waals surface area contributed by atoms with Crippen LogP contribution in [0.5, 0.6) is 0 Å². The molecule has 0 heterocycles. The van der Waals surface area contributed by atoms with Gasteiger partial charge in [0.1, 0.15) is 0 Å². The Morgan fingerprint density at radius 3 is 2.47 bits per heavy atom. The number of alkyl halides is 1. The molecule has 0 spiro atoms. The first kappa shape index (κ1) is 12.0. The summed E-state index contributed by atoms with van der Waals surface area (Å²) in [6, 6.07) is 10.2. The van der Waals surface area contributed by atoms with Crippen LogP contribution >= 0.6 is 0 Å². The minimum atomic E-state index is -0.324. The van der Waals surface area contributed by atoms with E-state index in [0.717, 1.165) is 19.3 Å². The van der Waals surface area contributed by atoms with Gasteiger partial charge < -0.3 is 0 Å². The number of rotatable bonds is 6. The first-order valence-electron chi connectivity index (χ1n) is 5.50. The lowest BCUT2D eigenvalue weighted by Gasteiger charge is -2.25. The molecule has 1 heteroatoms. The van der Waals surface area contributed by atoms with Gasteiger partial charge in [-0.3, -0.25) is 4.39 Å². The molecule has 82 valence electrons. The van der Waals surface area contributed by atoms with Crippen LogP contribution in [-0.2, 0) is 6.42 Å². The molecule has 0 nitrogen and oxygen atoms in total. The fraction of sp³-hybridized carbons (Fsp3) is 0.429. The van der Waals surface area contributed by atoms with Crippen molar-refractivity contribution in [2.75, 3.05) is 6.67 Å². The third-order valence-electron chi connectivity index (χ3n) is 3.16. The van der Waals surface area contributed by atoms with Crippen molar-refractivity contribution in [1.82, 2.24) is 0 Å². The Labute approximate surface area is 91.8 Å². The summed E-state index contributed by atoms with van der Waals surface area (Å²) in [5, 5.41) is 0. The van der Waals surface area contributed by atoms with Crippen molar-refractivity contribution in [3.63, 3.8) is 0 Å². The van der Waals surface area contributed by atoms with Crippen LogP contribution in [-0.4, -0.2) is 6.67 Å². The predicted octanol–water partition coefficient (Wildman–Crippen LogP) is 4.17. The highest BCUT2D eigenvalue weighted by atomic mass is 19.1. The van der Waals surface area contributed by atoms with Gasteiger partial charge in [-0.1, -0.05) is 43.3 Å². The van der Waals surface area contributed by atoms with E-state index in [-0.39, 0.29) is 12.1 Å². The van der Waals surface area contributed by atoms with Crippen LogP contribution in [0, 0.1) is 5.41 Å². The summed E-state index contributed by atoms with van der Waals surface area (Å²) in [4.78, 5) is 0. The van der Waals surface area contributed by atoms with Gasteiger partial charge in [-0.25, -0.2) is 0 Å². The lowest BCUT2D eigenvalue weighted by Crippen LogP contribution is -2.20. The van der Waals surface area contributed by atoms with E-state index >= 15 is 0 Å². The van der Waals surface area contributed by atoms with Crippen molar-refractivity contribution >= 4 is 0 Å². The maximum absolute atomic E-state index is 12.9. The van der Waals surface area contributed by atoms with Gasteiger partial charge in [0.25, 0.3) is 0 Å². The smallest absolute Gasteiger partial charge is 0.0984 e. The molecular formula is C14H19F. The van der Waals surface area contributed by atoms with Crippen LogP contribution in [0.3, 0.4) is 0 Å². The number of allylic oxidation sites excluding steroid dienone is 1. The molecule has 1 aromatic carbocycles. The van der Waals surface area contributed by atoms with Crippen molar-refractivity contribution in [3.8, 4) is 0 Å². The first-order chi connectivity index (χ1) is 7.26. The fourth-order valence-electron chi connectivity index (χ4n) is 1.68. The molecule has 0 bridgehead atoms. The highest BCUT2D eigenvalue weighted by molar-refractivity contribution is 5.15. The van der Waals surface area contributed by atoms with Crippen molar-refractivity contribution in [3.05, 3.63) is 48.6 Å². The molecule has 0 N–H and O–H groups in total. The molecule has 0 aliphatic carbocycles. The Morgan fingerprint density at radius 1 is 1.33 bits per heavy atom. The van der Waals surface area contributed by atoms with Gasteiger partial charge in [0.05, 0.1) is 6.67 Å². The molecule has 0 saturated heterocycles. The predicted molar refractivity (Wildman–Crippen MR) is 63.7 cm³/mol. The lowest BCUT2D eigenvalue weighted by molar-refractivity contribution is 0.245. The standard InChI is InChI=1S/C14H19F/c1-3-14(4-2,12-15)11-10-13-8-6-5-7-9-13/h3,5-9H,1,4,10-12H2,2H3/t14-/m0/s1. The molecule has 1 aromatic rings. The van der Waals surface area contributed by atoms with Crippen LogP contribution in [0.15, 0.2) is 43.0 Å². The van der Waals surface area contributed by atoms with E-state index < -0.39 is 0 Å². The minimum Gasteiger partial charge on any atom is -0.250 e. The zero-order valence-corrected chi connectivity index (χ0v) is 9.38. The Hall–Kier alpha value is -1.11. The second kappa shape index (κ2) is 5.69. The molecule has 0 fully saturated rings. The van der Waals surface area contributed by atoms with E-state index in [9.17, 15) is 4.39 Å². The highest BCUT2D eigenvalue weighted by Crippen LogP contribution is 2.30. The van der Waals surface area contributed by atoms with E-state index in [0.29, 0.717) is 0 Å². The lowest BCUT2D eigenvalue weighted by atomic mass is 9.81. The monoisotopic (exact) mass is 206 g/mol. The molecule has 0 aliphatic heterocycles. The Morgan fingerprint density at radius 2 is 2.00 bits per heavy atom. The fourth-order valence-corrected chi connectivity index (χ4v) is 1.68. The van der Waals surface area contributed by atoms with Gasteiger partial charge >= 0.3 is 0 Å². The van der Waals surface area contributed by atoms with Crippen LogP contribution in [0.4, 0.5) is 4.39 Å². The maximum Gasteiger partial charge on any atom is 0.0984 e. The average Bonchev–Trinajstić information content (AvgIpc) is 2.33. The van der Waals surface area contributed by atoms with Crippen LogP contribution < -0.4 is 0 Å². The summed E-state index contributed by atoms with van der Waals surface area (Å²) < 4.78 is 12.9. The highest BCUT2D eigenvalue weighted by Gasteiger charge is 2.23. The Bertz CT molecular complexity index is 285. The van der Waals surface area contributed by atoms with Crippen molar-refractivity contribution in [1.29, 1.82) is 0 Å². The molecule has 1 atom stereocenters. The molecule has 15 heavy (non-hydrogen) atoms. The zero-order chi connectivity index (χ0) is 11.1. The van der Waals surface area contributed by atoms with Gasteiger partial charge in [0, 0.05) is 5.41 Å². The molecule has 0 aromatic heterocycles. The van der Waals surface area contributed by atoms with E-state index in [1.165, 1.54) is 5.56 Å². The quantitative estimate of drug-likeness (QED) is 0.613. The first-order valence-corrected chi connectivity index (χ1v) is 5.50. The summed E-state index contributed by atoms with van der Waals surface area (Å²) in [6.07, 6.45) is 4.36. The molecule has 0 unspecified atom stereocenters. The molecule has 0 radical (unpaired) electrons. The summed E-state index contributed by atoms with van der Waals surface area (Å²) in [5.74, 6) is 0. The maximum atomic E-state index is 12.9. The van der Waals surface area contributed by atoms with Crippen LogP contribution in [0.2, 0.25) is 0 Å². The topological polar surface area (TPSA) is 0 Å². The summed E-state index contributed by atoms with van der Waals surface area (Å²) in [7, 11) is 0. The largest absolute Gasteiger partial charge is 0.250 e. The summed E-state index contributed by atoms with van der Waals surface area (Å²) in [5.41, 5.74) is 0.946. The van der Waals surface area contributed by atoms with Crippen LogP contribution in [0.25, 0.3) is 0 Å². The number of aryl methyl sites for hydroxylation is 1. The van der Waals surface area contributed by atoms with Crippen molar-refractivity contribution in [2.45, 2.75) is 26.2 Å². The number of halogens is 1. The van der Waals surface area contributed by atoms with E-state index in [1.807, 2.05) is 25.1 Å². The molecule has 1 rings (SSSR count). The van der Waals surface area contributed by atoms with Crippen molar-refractivity contribution < 1.29 is 4.39 Å². The molecule has 0 saturated carbocycles. The van der Waals surface area contributed by atoms with Gasteiger partial charge in [0.2, 0.25) is 0 Å². The molecular weight excluding hydrogens is 187 g/mol. The molecule has 0 aliphatic rings. The van der Waals surface area contributed by atoms with E-state index in [2.05, 4.69) is 18.7 Å². The third-order valence-corrected chi connectivity index (χ3v) is 3.16. The normalized spacial score (nSPS) is 14.5. The van der Waals surface area contributed by atoms with Gasteiger partial charge in [-0.15, -0.1) is 6.58 Å².